The topological polar surface area (TPSA) is 226 Å². The van der Waals surface area contributed by atoms with Crippen LogP contribution in [0.3, 0.4) is 0 Å². The molecule has 0 radical (unpaired) electrons. The number of rotatable bonds is 4. The highest BCUT2D eigenvalue weighted by Gasteiger charge is 2.49. The molecule has 0 bridgehead atoms. The Balaban J connectivity index is 0.000000518. The number of ether oxygens (including phenoxy) is 7. The first-order valence-electron chi connectivity index (χ1n) is 18.8. The molecule has 4 fully saturated rings. The Morgan fingerprint density at radius 2 is 0.907 bits per heavy atom. The summed E-state index contributed by atoms with van der Waals surface area (Å²) < 4.78 is 40.3. The molecule has 15 nitrogen and oxygen atoms in total. The van der Waals surface area contributed by atoms with Crippen molar-refractivity contribution in [2.24, 2.45) is 41.4 Å². The van der Waals surface area contributed by atoms with E-state index >= 15 is 0 Å². The summed E-state index contributed by atoms with van der Waals surface area (Å²) in [5.41, 5.74) is 0. The molecule has 54 heavy (non-hydrogen) atoms. The molecule has 0 aromatic rings. The van der Waals surface area contributed by atoms with Crippen molar-refractivity contribution in [2.45, 2.75) is 197 Å². The third kappa shape index (κ3) is 12.0. The van der Waals surface area contributed by atoms with Gasteiger partial charge >= 0.3 is 0 Å². The van der Waals surface area contributed by atoms with E-state index in [0.29, 0.717) is 17.6 Å². The van der Waals surface area contributed by atoms with Gasteiger partial charge in [-0.25, -0.2) is 0 Å². The largest absolute Gasteiger partial charge is 0.467 e. The minimum Gasteiger partial charge on any atom is -0.467 e. The SMILES string of the molecule is C.C.CC1=C[C@@H](O)C(O)C(O)O1.CC1OC(O)C(C)[C@H](O)[C@@H]1O.CC1OC(O[C@H]2C(C)OC(O[C@H]3C(C)OC(O)C(C)[C@@H]3C)C(C)[C@@H]2O)C(C)[C@H](C)C1C. The summed E-state index contributed by atoms with van der Waals surface area (Å²) in [4.78, 5) is 0. The van der Waals surface area contributed by atoms with Crippen molar-refractivity contribution in [3.63, 3.8) is 0 Å². The van der Waals surface area contributed by atoms with E-state index in [0.717, 1.165) is 0 Å². The molecule has 23 atom stereocenters. The van der Waals surface area contributed by atoms with Gasteiger partial charge in [-0.15, -0.1) is 0 Å². The molecule has 5 heterocycles. The molecule has 5 aliphatic heterocycles. The lowest BCUT2D eigenvalue weighted by Gasteiger charge is -2.49. The monoisotopic (exact) mass is 785 g/mol. The standard InChI is InChI=1S/C24H44O7.C7H14O4.C6H10O4.2CH4/c1-10-11(2)16(7)28-23(14(10)5)31-21-18(9)29-24(15(6)19(21)25)30-20-12(3)13(4)22(26)27-17(20)8;1-3-5(8)6(9)4(2)11-7(3)10;1-3-2-4(7)5(8)6(9)10-3;;/h10-26H,1-9H3;3-10H,1-2H3;2,4-9H,1H3;2*1H4/t10-,11?,12+,13?,14?,15?,16?,17?,18?,19+,20-,21+,22?,23?,24?;3?,4?,5-,6+,7?;4-,5?,6?;;/m101../s1. The lowest BCUT2D eigenvalue weighted by Crippen LogP contribution is -2.59. The van der Waals surface area contributed by atoms with E-state index in [9.17, 15) is 20.4 Å². The van der Waals surface area contributed by atoms with Crippen LogP contribution in [-0.2, 0) is 33.2 Å². The highest BCUT2D eigenvalue weighted by atomic mass is 16.7. The van der Waals surface area contributed by atoms with E-state index in [-0.39, 0.29) is 69.2 Å². The van der Waals surface area contributed by atoms with Crippen molar-refractivity contribution in [2.75, 3.05) is 0 Å². The first-order valence-corrected chi connectivity index (χ1v) is 18.8. The predicted molar refractivity (Wildman–Crippen MR) is 200 cm³/mol. The molecule has 0 amide bonds. The van der Waals surface area contributed by atoms with Gasteiger partial charge in [0, 0.05) is 23.7 Å². The first kappa shape index (κ1) is 51.0. The molecule has 322 valence electrons. The molecule has 0 aromatic carbocycles. The van der Waals surface area contributed by atoms with Gasteiger partial charge in [-0.3, -0.25) is 0 Å². The average molecular weight is 785 g/mol. The normalized spacial score (nSPS) is 50.6. The fourth-order valence-corrected chi connectivity index (χ4v) is 7.21. The smallest absolute Gasteiger partial charge is 0.226 e. The maximum Gasteiger partial charge on any atom is 0.226 e. The van der Waals surface area contributed by atoms with Crippen LogP contribution in [-0.4, -0.2) is 139 Å². The number of hydrogen-bond acceptors (Lipinski definition) is 15. The maximum absolute atomic E-state index is 11.1. The molecular formula is C39H76O15. The van der Waals surface area contributed by atoms with E-state index in [1.54, 1.807) is 20.8 Å². The molecule has 5 aliphatic rings. The summed E-state index contributed by atoms with van der Waals surface area (Å²) in [6.07, 6.45) is -9.19. The molecule has 15 unspecified atom stereocenters. The second kappa shape index (κ2) is 21.7. The molecule has 4 saturated heterocycles. The molecular weight excluding hydrogens is 708 g/mol. The molecule has 0 saturated carbocycles. The van der Waals surface area contributed by atoms with Crippen LogP contribution in [0.25, 0.3) is 0 Å². The lowest BCUT2D eigenvalue weighted by molar-refractivity contribution is -0.348. The van der Waals surface area contributed by atoms with Crippen LogP contribution >= 0.6 is 0 Å². The number of allylic oxidation sites excluding steroid dienone is 1. The van der Waals surface area contributed by atoms with Crippen molar-refractivity contribution in [1.29, 1.82) is 0 Å². The maximum atomic E-state index is 11.1. The number of hydrogen-bond donors (Lipinski definition) is 8. The van der Waals surface area contributed by atoms with Crippen LogP contribution in [0.15, 0.2) is 11.8 Å². The van der Waals surface area contributed by atoms with Crippen LogP contribution in [0.2, 0.25) is 0 Å². The van der Waals surface area contributed by atoms with E-state index < -0.39 is 73.8 Å². The van der Waals surface area contributed by atoms with Gasteiger partial charge in [-0.2, -0.15) is 0 Å². The minimum absolute atomic E-state index is 0. The van der Waals surface area contributed by atoms with Crippen LogP contribution in [0.4, 0.5) is 0 Å². The first-order chi connectivity index (χ1) is 24.1. The summed E-state index contributed by atoms with van der Waals surface area (Å²) >= 11 is 0. The van der Waals surface area contributed by atoms with Crippen LogP contribution in [0, 0.1) is 41.4 Å². The Hall–Kier alpha value is -1.02. The highest BCUT2D eigenvalue weighted by molar-refractivity contribution is 5.02. The van der Waals surface area contributed by atoms with Gasteiger partial charge in [-0.05, 0) is 58.4 Å². The zero-order valence-corrected chi connectivity index (χ0v) is 32.8. The minimum atomic E-state index is -1.31. The third-order valence-corrected chi connectivity index (χ3v) is 12.0. The Bertz CT molecular complexity index is 1100. The van der Waals surface area contributed by atoms with Crippen molar-refractivity contribution < 1.29 is 74.0 Å². The van der Waals surface area contributed by atoms with Crippen molar-refractivity contribution >= 4 is 0 Å². The van der Waals surface area contributed by atoms with Gasteiger partial charge in [0.2, 0.25) is 6.29 Å². The van der Waals surface area contributed by atoms with Crippen LogP contribution in [0.1, 0.15) is 97.9 Å². The Labute approximate surface area is 323 Å². The molecule has 0 aromatic heterocycles. The van der Waals surface area contributed by atoms with Gasteiger partial charge in [0.25, 0.3) is 0 Å². The quantitative estimate of drug-likeness (QED) is 0.205. The summed E-state index contributed by atoms with van der Waals surface area (Å²) in [5.74, 6) is 0.906. The van der Waals surface area contributed by atoms with Crippen molar-refractivity contribution in [1.82, 2.24) is 0 Å². The number of aliphatic hydroxyl groups is 8. The van der Waals surface area contributed by atoms with E-state index in [4.69, 9.17) is 48.8 Å². The summed E-state index contributed by atoms with van der Waals surface area (Å²) in [7, 11) is 0. The molecule has 0 aliphatic carbocycles. The fourth-order valence-electron chi connectivity index (χ4n) is 7.21. The molecule has 5 rings (SSSR count). The lowest BCUT2D eigenvalue weighted by atomic mass is 9.79. The molecule has 8 N–H and O–H groups in total. The van der Waals surface area contributed by atoms with Crippen LogP contribution in [0.5, 0.6) is 0 Å². The van der Waals surface area contributed by atoms with Crippen molar-refractivity contribution in [3.8, 4) is 0 Å². The average Bonchev–Trinajstić information content (AvgIpc) is 3.08. The van der Waals surface area contributed by atoms with Gasteiger partial charge in [0.1, 0.15) is 24.4 Å². The van der Waals surface area contributed by atoms with E-state index in [2.05, 4.69) is 39.4 Å². The highest BCUT2D eigenvalue weighted by Crippen LogP contribution is 2.39. The zero-order valence-electron chi connectivity index (χ0n) is 32.8. The Morgan fingerprint density at radius 3 is 1.48 bits per heavy atom. The zero-order chi connectivity index (χ0) is 39.5. The fraction of sp³-hybridized carbons (Fsp3) is 0.949. The van der Waals surface area contributed by atoms with E-state index in [1.165, 1.54) is 6.08 Å². The van der Waals surface area contributed by atoms with Gasteiger partial charge < -0.3 is 74.0 Å². The third-order valence-electron chi connectivity index (χ3n) is 12.0. The van der Waals surface area contributed by atoms with Gasteiger partial charge in [0.15, 0.2) is 25.2 Å². The second-order valence-corrected chi connectivity index (χ2v) is 15.8. The second-order valence-electron chi connectivity index (χ2n) is 15.8. The van der Waals surface area contributed by atoms with Crippen molar-refractivity contribution in [3.05, 3.63) is 11.8 Å². The van der Waals surface area contributed by atoms with Crippen LogP contribution < -0.4 is 0 Å². The Kier molecular flexibility index (Phi) is 20.5. The molecule has 0 spiro atoms. The van der Waals surface area contributed by atoms with E-state index in [1.807, 2.05) is 27.7 Å². The Morgan fingerprint density at radius 1 is 0.426 bits per heavy atom. The van der Waals surface area contributed by atoms with Gasteiger partial charge in [0.05, 0.1) is 48.5 Å². The summed E-state index contributed by atoms with van der Waals surface area (Å²) in [6.45, 7) is 23.3. The van der Waals surface area contributed by atoms with Gasteiger partial charge in [-0.1, -0.05) is 63.3 Å². The number of aliphatic hydroxyl groups excluding tert-OH is 8. The summed E-state index contributed by atoms with van der Waals surface area (Å²) in [5, 5.41) is 75.6. The predicted octanol–water partition coefficient (Wildman–Crippen LogP) is 2.48. The molecule has 15 heteroatoms. The summed E-state index contributed by atoms with van der Waals surface area (Å²) in [6, 6.07) is 0.